The van der Waals surface area contributed by atoms with Crippen molar-refractivity contribution in [3.63, 3.8) is 0 Å². The van der Waals surface area contributed by atoms with Gasteiger partial charge in [0.25, 0.3) is 0 Å². The molecule has 0 amide bonds. The van der Waals surface area contributed by atoms with Crippen LogP contribution >= 0.6 is 11.3 Å². The van der Waals surface area contributed by atoms with Crippen molar-refractivity contribution in [2.24, 2.45) is 5.73 Å². The van der Waals surface area contributed by atoms with Crippen LogP contribution in [0, 0.1) is 0 Å². The van der Waals surface area contributed by atoms with E-state index in [0.717, 1.165) is 18.4 Å². The Morgan fingerprint density at radius 3 is 2.94 bits per heavy atom. The Bertz CT molecular complexity index is 417. The summed E-state index contributed by atoms with van der Waals surface area (Å²) in [5.41, 5.74) is 7.18. The minimum absolute atomic E-state index is 0.264. The van der Waals surface area contributed by atoms with E-state index in [4.69, 9.17) is 5.73 Å². The Labute approximate surface area is 101 Å². The highest BCUT2D eigenvalue weighted by Gasteiger charge is 2.08. The standard InChI is InChI=1S/C13H18N2S/c1-2-3-6-10(14)9-13-15-11-7-4-5-8-12(11)16-13/h4-5,7-8,10H,2-3,6,9,14H2,1H3. The third kappa shape index (κ3) is 2.80. The largest absolute Gasteiger partial charge is 0.327 e. The van der Waals surface area contributed by atoms with Gasteiger partial charge in [-0.3, -0.25) is 0 Å². The summed E-state index contributed by atoms with van der Waals surface area (Å²) in [4.78, 5) is 4.60. The molecule has 1 unspecified atom stereocenters. The molecule has 1 aromatic heterocycles. The van der Waals surface area contributed by atoms with Gasteiger partial charge in [-0.15, -0.1) is 11.3 Å². The SMILES string of the molecule is CCCCC(N)Cc1nc2ccccc2s1. The molecule has 0 aliphatic heterocycles. The molecule has 0 bridgehead atoms. The summed E-state index contributed by atoms with van der Waals surface area (Å²) in [6.07, 6.45) is 4.45. The lowest BCUT2D eigenvalue weighted by molar-refractivity contribution is 0.573. The molecule has 0 radical (unpaired) electrons. The predicted octanol–water partition coefficient (Wildman–Crippen LogP) is 3.36. The molecule has 3 heteroatoms. The van der Waals surface area contributed by atoms with Gasteiger partial charge >= 0.3 is 0 Å². The maximum atomic E-state index is 6.08. The molecule has 0 aliphatic carbocycles. The van der Waals surface area contributed by atoms with Crippen molar-refractivity contribution in [2.45, 2.75) is 38.6 Å². The van der Waals surface area contributed by atoms with E-state index < -0.39 is 0 Å². The molecule has 16 heavy (non-hydrogen) atoms. The molecule has 2 nitrogen and oxygen atoms in total. The fourth-order valence-electron chi connectivity index (χ4n) is 1.80. The van der Waals surface area contributed by atoms with Gasteiger partial charge in [0.05, 0.1) is 15.2 Å². The van der Waals surface area contributed by atoms with Crippen molar-refractivity contribution in [1.82, 2.24) is 4.98 Å². The number of nitrogens with two attached hydrogens (primary N) is 1. The maximum absolute atomic E-state index is 6.08. The fraction of sp³-hybridized carbons (Fsp3) is 0.462. The number of hydrogen-bond donors (Lipinski definition) is 1. The van der Waals surface area contributed by atoms with E-state index in [1.807, 2.05) is 6.07 Å². The van der Waals surface area contributed by atoms with Crippen molar-refractivity contribution in [3.8, 4) is 0 Å². The van der Waals surface area contributed by atoms with E-state index in [2.05, 4.69) is 30.1 Å². The third-order valence-electron chi connectivity index (χ3n) is 2.70. The highest BCUT2D eigenvalue weighted by Crippen LogP contribution is 2.22. The first-order valence-corrected chi connectivity index (χ1v) is 6.71. The van der Waals surface area contributed by atoms with Crippen LogP contribution in [0.3, 0.4) is 0 Å². The molecule has 0 saturated carbocycles. The first kappa shape index (κ1) is 11.6. The number of fused-ring (bicyclic) bond motifs is 1. The van der Waals surface area contributed by atoms with E-state index in [9.17, 15) is 0 Å². The zero-order valence-corrected chi connectivity index (χ0v) is 10.5. The Kier molecular flexibility index (Phi) is 3.91. The van der Waals surface area contributed by atoms with Crippen molar-refractivity contribution in [3.05, 3.63) is 29.3 Å². The number of hydrogen-bond acceptors (Lipinski definition) is 3. The van der Waals surface area contributed by atoms with Crippen molar-refractivity contribution >= 4 is 21.6 Å². The molecule has 0 spiro atoms. The van der Waals surface area contributed by atoms with Crippen LogP contribution in [0.5, 0.6) is 0 Å². The highest BCUT2D eigenvalue weighted by atomic mass is 32.1. The van der Waals surface area contributed by atoms with Crippen LogP contribution in [0.1, 0.15) is 31.2 Å². The number of aromatic nitrogens is 1. The second-order valence-corrected chi connectivity index (χ2v) is 5.30. The smallest absolute Gasteiger partial charge is 0.0954 e. The first-order chi connectivity index (χ1) is 7.79. The van der Waals surface area contributed by atoms with Crippen LogP contribution in [-0.2, 0) is 6.42 Å². The van der Waals surface area contributed by atoms with Gasteiger partial charge in [0.2, 0.25) is 0 Å². The highest BCUT2D eigenvalue weighted by molar-refractivity contribution is 7.18. The van der Waals surface area contributed by atoms with Gasteiger partial charge in [0.15, 0.2) is 0 Å². The summed E-state index contributed by atoms with van der Waals surface area (Å²) in [7, 11) is 0. The Balaban J connectivity index is 2.03. The van der Waals surface area contributed by atoms with Gasteiger partial charge in [-0.2, -0.15) is 0 Å². The lowest BCUT2D eigenvalue weighted by atomic mass is 10.1. The van der Waals surface area contributed by atoms with Crippen LogP contribution < -0.4 is 5.73 Å². The van der Waals surface area contributed by atoms with Crippen molar-refractivity contribution < 1.29 is 0 Å². The number of thiazole rings is 1. The number of unbranched alkanes of at least 4 members (excludes halogenated alkanes) is 1. The molecule has 2 aromatic rings. The Morgan fingerprint density at radius 2 is 2.19 bits per heavy atom. The molecule has 0 fully saturated rings. The molecular formula is C13H18N2S. The fourth-order valence-corrected chi connectivity index (χ4v) is 2.86. The Hall–Kier alpha value is -0.930. The van der Waals surface area contributed by atoms with Gasteiger partial charge in [-0.05, 0) is 18.6 Å². The number of rotatable bonds is 5. The minimum Gasteiger partial charge on any atom is -0.327 e. The van der Waals surface area contributed by atoms with Gasteiger partial charge < -0.3 is 5.73 Å². The zero-order chi connectivity index (χ0) is 11.4. The molecule has 0 saturated heterocycles. The van der Waals surface area contributed by atoms with Gasteiger partial charge in [-0.1, -0.05) is 31.9 Å². The molecule has 2 N–H and O–H groups in total. The quantitative estimate of drug-likeness (QED) is 0.861. The Morgan fingerprint density at radius 1 is 1.38 bits per heavy atom. The lowest BCUT2D eigenvalue weighted by Gasteiger charge is -2.07. The van der Waals surface area contributed by atoms with Gasteiger partial charge in [0, 0.05) is 12.5 Å². The first-order valence-electron chi connectivity index (χ1n) is 5.89. The predicted molar refractivity (Wildman–Crippen MR) is 70.8 cm³/mol. The average molecular weight is 234 g/mol. The third-order valence-corrected chi connectivity index (χ3v) is 3.76. The van der Waals surface area contributed by atoms with Crippen LogP contribution in [-0.4, -0.2) is 11.0 Å². The second kappa shape index (κ2) is 5.41. The van der Waals surface area contributed by atoms with Crippen LogP contribution in [0.25, 0.3) is 10.2 Å². The number of benzene rings is 1. The van der Waals surface area contributed by atoms with Crippen molar-refractivity contribution in [2.75, 3.05) is 0 Å². The topological polar surface area (TPSA) is 38.9 Å². The average Bonchev–Trinajstić information content (AvgIpc) is 2.68. The molecule has 1 heterocycles. The summed E-state index contributed by atoms with van der Waals surface area (Å²) in [5.74, 6) is 0. The normalized spacial score (nSPS) is 13.1. The van der Waals surface area contributed by atoms with Crippen LogP contribution in [0.15, 0.2) is 24.3 Å². The molecule has 1 aromatic carbocycles. The van der Waals surface area contributed by atoms with Gasteiger partial charge in [0.1, 0.15) is 0 Å². The van der Waals surface area contributed by atoms with Crippen molar-refractivity contribution in [1.29, 1.82) is 0 Å². The summed E-state index contributed by atoms with van der Waals surface area (Å²) in [5, 5.41) is 1.17. The minimum atomic E-state index is 0.264. The molecule has 1 atom stereocenters. The van der Waals surface area contributed by atoms with Crippen LogP contribution in [0.4, 0.5) is 0 Å². The summed E-state index contributed by atoms with van der Waals surface area (Å²) in [6, 6.07) is 8.53. The number of nitrogens with zero attached hydrogens (tertiary/aromatic N) is 1. The molecule has 0 aliphatic rings. The lowest BCUT2D eigenvalue weighted by Crippen LogP contribution is -2.22. The molecule has 86 valence electrons. The van der Waals surface area contributed by atoms with E-state index in [1.54, 1.807) is 11.3 Å². The van der Waals surface area contributed by atoms with Gasteiger partial charge in [-0.25, -0.2) is 4.98 Å². The summed E-state index contributed by atoms with van der Waals surface area (Å²) >= 11 is 1.77. The summed E-state index contributed by atoms with van der Waals surface area (Å²) in [6.45, 7) is 2.20. The van der Waals surface area contributed by atoms with E-state index >= 15 is 0 Å². The summed E-state index contributed by atoms with van der Waals surface area (Å²) < 4.78 is 1.26. The van der Waals surface area contributed by atoms with E-state index in [1.165, 1.54) is 22.5 Å². The second-order valence-electron chi connectivity index (χ2n) is 4.18. The monoisotopic (exact) mass is 234 g/mol. The van der Waals surface area contributed by atoms with E-state index in [0.29, 0.717) is 0 Å². The number of para-hydroxylation sites is 1. The molecular weight excluding hydrogens is 216 g/mol. The zero-order valence-electron chi connectivity index (χ0n) is 9.65. The maximum Gasteiger partial charge on any atom is 0.0954 e. The van der Waals surface area contributed by atoms with Crippen LogP contribution in [0.2, 0.25) is 0 Å². The molecule has 2 rings (SSSR count). The van der Waals surface area contributed by atoms with E-state index in [-0.39, 0.29) is 6.04 Å².